The summed E-state index contributed by atoms with van der Waals surface area (Å²) in [5.74, 6) is 0.665. The van der Waals surface area contributed by atoms with E-state index >= 15 is 0 Å². The fourth-order valence-corrected chi connectivity index (χ4v) is 2.76. The van der Waals surface area contributed by atoms with Gasteiger partial charge in [-0.3, -0.25) is 4.79 Å². The third-order valence-corrected chi connectivity index (χ3v) is 3.98. The van der Waals surface area contributed by atoms with Crippen LogP contribution in [0.25, 0.3) is 22.5 Å². The lowest BCUT2D eigenvalue weighted by Crippen LogP contribution is -2.26. The Hall–Kier alpha value is -2.68. The van der Waals surface area contributed by atoms with E-state index in [1.54, 1.807) is 0 Å². The molecular formula is C18H14N2O. The molecule has 3 heteroatoms. The zero-order valence-electron chi connectivity index (χ0n) is 11.5. The number of hydrogen-bond donors (Lipinski definition) is 1. The predicted octanol–water partition coefficient (Wildman–Crippen LogP) is 3.20. The highest BCUT2D eigenvalue weighted by atomic mass is 16.1. The predicted molar refractivity (Wildman–Crippen MR) is 83.1 cm³/mol. The highest BCUT2D eigenvalue weighted by Gasteiger charge is 2.20. The van der Waals surface area contributed by atoms with Gasteiger partial charge < -0.3 is 4.98 Å². The third-order valence-electron chi connectivity index (χ3n) is 3.98. The SMILES string of the molecule is O=c1[nH]c(-c2ccccc2-c2ccccc2)nc2c1CC2. The second-order valence-electron chi connectivity index (χ2n) is 5.25. The van der Waals surface area contributed by atoms with E-state index in [0.717, 1.165) is 40.8 Å². The molecule has 0 amide bonds. The zero-order valence-corrected chi connectivity index (χ0v) is 11.5. The van der Waals surface area contributed by atoms with Crippen LogP contribution in [0.3, 0.4) is 0 Å². The van der Waals surface area contributed by atoms with Crippen molar-refractivity contribution in [3.05, 3.63) is 76.2 Å². The number of aromatic nitrogens is 2. The van der Waals surface area contributed by atoms with Crippen molar-refractivity contribution in [2.24, 2.45) is 0 Å². The van der Waals surface area contributed by atoms with Crippen molar-refractivity contribution in [2.75, 3.05) is 0 Å². The first-order chi connectivity index (χ1) is 10.3. The topological polar surface area (TPSA) is 45.8 Å². The van der Waals surface area contributed by atoms with Crippen LogP contribution in [0.2, 0.25) is 0 Å². The summed E-state index contributed by atoms with van der Waals surface area (Å²) in [5.41, 5.74) is 4.96. The van der Waals surface area contributed by atoms with Crippen molar-refractivity contribution in [1.82, 2.24) is 9.97 Å². The molecule has 0 radical (unpaired) electrons. The molecule has 1 aliphatic carbocycles. The average molecular weight is 274 g/mol. The second kappa shape index (κ2) is 4.70. The molecule has 0 atom stereocenters. The molecule has 102 valence electrons. The molecule has 0 spiro atoms. The van der Waals surface area contributed by atoms with Crippen molar-refractivity contribution in [3.8, 4) is 22.5 Å². The summed E-state index contributed by atoms with van der Waals surface area (Å²) >= 11 is 0. The first-order valence-electron chi connectivity index (χ1n) is 7.10. The van der Waals surface area contributed by atoms with E-state index in [9.17, 15) is 4.79 Å². The van der Waals surface area contributed by atoms with Crippen LogP contribution < -0.4 is 5.56 Å². The number of benzene rings is 2. The molecular weight excluding hydrogens is 260 g/mol. The monoisotopic (exact) mass is 274 g/mol. The van der Waals surface area contributed by atoms with E-state index < -0.39 is 0 Å². The summed E-state index contributed by atoms with van der Waals surface area (Å²) in [7, 11) is 0. The van der Waals surface area contributed by atoms with Crippen LogP contribution in [0.15, 0.2) is 59.4 Å². The molecule has 3 aromatic rings. The molecule has 3 nitrogen and oxygen atoms in total. The lowest BCUT2D eigenvalue weighted by atomic mass is 9.94. The molecule has 0 saturated carbocycles. The van der Waals surface area contributed by atoms with E-state index in [0.29, 0.717) is 5.82 Å². The fraction of sp³-hybridized carbons (Fsp3) is 0.111. The minimum absolute atomic E-state index is 0.00381. The molecule has 0 saturated heterocycles. The van der Waals surface area contributed by atoms with Gasteiger partial charge >= 0.3 is 0 Å². The Morgan fingerprint density at radius 3 is 2.24 bits per heavy atom. The summed E-state index contributed by atoms with van der Waals surface area (Å²) in [6, 6.07) is 18.2. The number of hydrogen-bond acceptors (Lipinski definition) is 2. The first-order valence-corrected chi connectivity index (χ1v) is 7.10. The molecule has 1 aliphatic rings. The normalized spacial score (nSPS) is 12.6. The highest BCUT2D eigenvalue weighted by molar-refractivity contribution is 5.80. The van der Waals surface area contributed by atoms with Crippen LogP contribution in [0.1, 0.15) is 11.3 Å². The van der Waals surface area contributed by atoms with Crippen molar-refractivity contribution in [2.45, 2.75) is 12.8 Å². The summed E-state index contributed by atoms with van der Waals surface area (Å²) in [6.45, 7) is 0. The maximum Gasteiger partial charge on any atom is 0.254 e. The summed E-state index contributed by atoms with van der Waals surface area (Å²) in [4.78, 5) is 19.6. The van der Waals surface area contributed by atoms with Crippen molar-refractivity contribution in [1.29, 1.82) is 0 Å². The highest BCUT2D eigenvalue weighted by Crippen LogP contribution is 2.30. The number of aromatic amines is 1. The van der Waals surface area contributed by atoms with E-state index in [2.05, 4.69) is 28.2 Å². The van der Waals surface area contributed by atoms with Crippen molar-refractivity contribution < 1.29 is 0 Å². The van der Waals surface area contributed by atoms with Gasteiger partial charge in [-0.2, -0.15) is 0 Å². The zero-order chi connectivity index (χ0) is 14.2. The van der Waals surface area contributed by atoms with Gasteiger partial charge in [-0.05, 0) is 24.0 Å². The Bertz CT molecular complexity index is 866. The molecule has 0 fully saturated rings. The van der Waals surface area contributed by atoms with Crippen LogP contribution in [-0.4, -0.2) is 9.97 Å². The maximum absolute atomic E-state index is 12.0. The Morgan fingerprint density at radius 1 is 0.857 bits per heavy atom. The molecule has 1 N–H and O–H groups in total. The van der Waals surface area contributed by atoms with E-state index in [1.165, 1.54) is 0 Å². The lowest BCUT2D eigenvalue weighted by Gasteiger charge is -2.17. The van der Waals surface area contributed by atoms with Gasteiger partial charge in [-0.1, -0.05) is 54.6 Å². The smallest absolute Gasteiger partial charge is 0.254 e. The first kappa shape index (κ1) is 12.1. The molecule has 1 heterocycles. The fourth-order valence-electron chi connectivity index (χ4n) is 2.76. The Morgan fingerprint density at radius 2 is 1.57 bits per heavy atom. The largest absolute Gasteiger partial charge is 0.306 e. The maximum atomic E-state index is 12.0. The molecule has 4 rings (SSSR count). The van der Waals surface area contributed by atoms with Gasteiger partial charge in [0.25, 0.3) is 5.56 Å². The molecule has 0 bridgehead atoms. The van der Waals surface area contributed by atoms with E-state index in [-0.39, 0.29) is 5.56 Å². The van der Waals surface area contributed by atoms with Gasteiger partial charge in [0.1, 0.15) is 5.82 Å². The van der Waals surface area contributed by atoms with E-state index in [4.69, 9.17) is 0 Å². The van der Waals surface area contributed by atoms with Gasteiger partial charge in [0, 0.05) is 11.1 Å². The quantitative estimate of drug-likeness (QED) is 0.780. The van der Waals surface area contributed by atoms with Crippen LogP contribution in [0.4, 0.5) is 0 Å². The molecule has 0 aliphatic heterocycles. The third kappa shape index (κ3) is 1.98. The standard InChI is InChI=1S/C18H14N2O/c21-18-15-10-11-16(15)19-17(20-18)14-9-5-4-8-13(14)12-6-2-1-3-7-12/h1-9H,10-11H2,(H,19,20,21). The summed E-state index contributed by atoms with van der Waals surface area (Å²) < 4.78 is 0. The van der Waals surface area contributed by atoms with Gasteiger partial charge in [0.2, 0.25) is 0 Å². The molecule has 2 aromatic carbocycles. The van der Waals surface area contributed by atoms with Crippen molar-refractivity contribution in [3.63, 3.8) is 0 Å². The Labute approximate surface area is 122 Å². The number of H-pyrrole nitrogens is 1. The Balaban J connectivity index is 1.92. The van der Waals surface area contributed by atoms with Crippen LogP contribution in [0, 0.1) is 0 Å². The summed E-state index contributed by atoms with van der Waals surface area (Å²) in [5, 5.41) is 0. The van der Waals surface area contributed by atoms with E-state index in [1.807, 2.05) is 36.4 Å². The Kier molecular flexibility index (Phi) is 2.71. The van der Waals surface area contributed by atoms with Crippen LogP contribution in [0.5, 0.6) is 0 Å². The van der Waals surface area contributed by atoms with Gasteiger partial charge in [-0.15, -0.1) is 0 Å². The van der Waals surface area contributed by atoms with Gasteiger partial charge in [0.15, 0.2) is 0 Å². The number of fused-ring (bicyclic) bond motifs is 1. The number of aryl methyl sites for hydroxylation is 1. The van der Waals surface area contributed by atoms with Crippen LogP contribution >= 0.6 is 0 Å². The molecule has 0 unspecified atom stereocenters. The average Bonchev–Trinajstić information content (AvgIpc) is 2.50. The van der Waals surface area contributed by atoms with Crippen molar-refractivity contribution >= 4 is 0 Å². The minimum atomic E-state index is 0.00381. The van der Waals surface area contributed by atoms with Gasteiger partial charge in [0.05, 0.1) is 5.69 Å². The minimum Gasteiger partial charge on any atom is -0.306 e. The lowest BCUT2D eigenvalue weighted by molar-refractivity contribution is 0.759. The summed E-state index contributed by atoms with van der Waals surface area (Å²) in [6.07, 6.45) is 1.75. The molecule has 1 aromatic heterocycles. The van der Waals surface area contributed by atoms with Gasteiger partial charge in [-0.25, -0.2) is 4.98 Å². The molecule has 21 heavy (non-hydrogen) atoms. The number of rotatable bonds is 2. The number of nitrogens with one attached hydrogen (secondary N) is 1. The second-order valence-corrected chi connectivity index (χ2v) is 5.25. The van der Waals surface area contributed by atoms with Crippen LogP contribution in [-0.2, 0) is 12.8 Å². The number of nitrogens with zero attached hydrogens (tertiary/aromatic N) is 1.